The number of nitrogens with one attached hydrogen (secondary N) is 1. The maximum atomic E-state index is 9.19. The van der Waals surface area contributed by atoms with Gasteiger partial charge in [0.25, 0.3) is 0 Å². The lowest BCUT2D eigenvalue weighted by Gasteiger charge is -1.08. The molecule has 0 saturated heterocycles. The van der Waals surface area contributed by atoms with E-state index in [9.17, 15) is 3.89 Å². The van der Waals surface area contributed by atoms with Crippen LogP contribution in [0.15, 0.2) is 0 Å². The predicted octanol–water partition coefficient (Wildman–Crippen LogP) is 1.07. The number of halogens is 1. The standard InChI is InChI=1S/CH3N.FHS/c2*1-2/h2H,1H2;2H. The van der Waals surface area contributed by atoms with Gasteiger partial charge in [0.15, 0.2) is 0 Å². The zero-order valence-electron chi connectivity index (χ0n) is 2.03. The van der Waals surface area contributed by atoms with Crippen molar-refractivity contribution in [3.63, 3.8) is 0 Å². The second-order valence-electron chi connectivity index (χ2n) is 0. The minimum Gasteiger partial charge on any atom is -0.317 e. The van der Waals surface area contributed by atoms with E-state index >= 15 is 0 Å². The summed E-state index contributed by atoms with van der Waals surface area (Å²) in [5, 5.41) is 5.50. The topological polar surface area (TPSA) is 23.9 Å². The van der Waals surface area contributed by atoms with Crippen LogP contribution in [0.5, 0.6) is 0 Å². The summed E-state index contributed by atoms with van der Waals surface area (Å²) in [6.07, 6.45) is 0. The maximum Gasteiger partial charge on any atom is 0.0278 e. The molecule has 0 amide bonds. The zero-order valence-corrected chi connectivity index (χ0v) is 2.93. The highest BCUT2D eigenvalue weighted by Gasteiger charge is 0.934. The first-order valence-corrected chi connectivity index (χ1v) is 0.861. The molecule has 0 radical (unpaired) electrons. The molecular formula is CH4FNS. The summed E-state index contributed by atoms with van der Waals surface area (Å²) in [4.78, 5) is 0. The largest absolute Gasteiger partial charge is 0.317 e. The van der Waals surface area contributed by atoms with Crippen LogP contribution >= 0.6 is 13.0 Å². The third kappa shape index (κ3) is 704. The molecule has 0 aliphatic carbocycles. The number of hydrogen-bond donors (Lipinski definition) is 2. The van der Waals surface area contributed by atoms with Gasteiger partial charge < -0.3 is 5.41 Å². The Morgan fingerprint density at radius 2 is 1.50 bits per heavy atom. The quantitative estimate of drug-likeness (QED) is 0.322. The smallest absolute Gasteiger partial charge is 0.0278 e. The van der Waals surface area contributed by atoms with Gasteiger partial charge in [-0.1, -0.05) is 0 Å². The SMILES string of the molecule is C=N.FS. The average Bonchev–Trinajstić information content (AvgIpc) is 1.50. The van der Waals surface area contributed by atoms with Crippen molar-refractivity contribution in [3.05, 3.63) is 0 Å². The van der Waals surface area contributed by atoms with Gasteiger partial charge in [0.05, 0.1) is 0 Å². The summed E-state index contributed by atoms with van der Waals surface area (Å²) in [7, 11) is 0. The number of rotatable bonds is 0. The van der Waals surface area contributed by atoms with Crippen LogP contribution in [-0.2, 0) is 0 Å². The molecule has 1 N–H and O–H groups in total. The molecule has 26 valence electrons. The first kappa shape index (κ1) is 9.04. The Kier molecular flexibility index (Phi) is 10100. The van der Waals surface area contributed by atoms with Crippen LogP contribution in [0.3, 0.4) is 0 Å². The van der Waals surface area contributed by atoms with E-state index in [0.717, 1.165) is 0 Å². The first-order valence-electron chi connectivity index (χ1n) is 0.523. The molecular weight excluding hydrogens is 77.1 g/mol. The van der Waals surface area contributed by atoms with Gasteiger partial charge in [-0.2, -0.15) is 3.89 Å². The first-order chi connectivity index (χ1) is 2.00. The minimum atomic E-state index is 2.03. The lowest BCUT2D eigenvalue weighted by atomic mass is 11.8. The molecule has 0 bridgehead atoms. The molecule has 0 aliphatic heterocycles. The third-order valence-electron chi connectivity index (χ3n) is 0. The molecule has 0 heterocycles. The van der Waals surface area contributed by atoms with E-state index < -0.39 is 0 Å². The Morgan fingerprint density at radius 1 is 1.50 bits per heavy atom. The van der Waals surface area contributed by atoms with E-state index in [0.29, 0.717) is 0 Å². The van der Waals surface area contributed by atoms with E-state index in [-0.39, 0.29) is 0 Å². The fourth-order valence-corrected chi connectivity index (χ4v) is 0. The molecule has 0 saturated carbocycles. The molecule has 0 fully saturated rings. The molecule has 0 rings (SSSR count). The average molecular weight is 81.1 g/mol. The number of thiol groups is 1. The predicted molar refractivity (Wildman–Crippen MR) is 19.9 cm³/mol. The Labute approximate surface area is 30.0 Å². The molecule has 0 aromatic carbocycles. The molecule has 0 aromatic rings. The monoisotopic (exact) mass is 81.0 g/mol. The zero-order chi connectivity index (χ0) is 4.00. The van der Waals surface area contributed by atoms with Gasteiger partial charge in [-0.15, -0.1) is 0 Å². The summed E-state index contributed by atoms with van der Waals surface area (Å²) in [5.74, 6) is 0. The van der Waals surface area contributed by atoms with Crippen LogP contribution in [0.2, 0.25) is 0 Å². The summed E-state index contributed by atoms with van der Waals surface area (Å²) < 4.78 is 9.19. The third-order valence-corrected chi connectivity index (χ3v) is 0. The summed E-state index contributed by atoms with van der Waals surface area (Å²) in [6, 6.07) is 0. The van der Waals surface area contributed by atoms with Crippen LogP contribution in [0, 0.1) is 5.41 Å². The minimum absolute atomic E-state index is 2.03. The van der Waals surface area contributed by atoms with E-state index in [2.05, 4.69) is 6.72 Å². The molecule has 0 aromatic heterocycles. The summed E-state index contributed by atoms with van der Waals surface area (Å²) in [5.41, 5.74) is 0. The fourth-order valence-electron chi connectivity index (χ4n) is 0. The molecule has 0 atom stereocenters. The van der Waals surface area contributed by atoms with Crippen molar-refractivity contribution in [2.24, 2.45) is 0 Å². The van der Waals surface area contributed by atoms with Crippen LogP contribution < -0.4 is 0 Å². The molecule has 0 unspecified atom stereocenters. The van der Waals surface area contributed by atoms with Crippen molar-refractivity contribution in [1.82, 2.24) is 0 Å². The summed E-state index contributed by atoms with van der Waals surface area (Å²) >= 11 is 2.03. The van der Waals surface area contributed by atoms with Crippen molar-refractivity contribution >= 4 is 19.7 Å². The van der Waals surface area contributed by atoms with Crippen molar-refractivity contribution in [1.29, 1.82) is 5.41 Å². The van der Waals surface area contributed by atoms with Crippen molar-refractivity contribution in [2.45, 2.75) is 0 Å². The van der Waals surface area contributed by atoms with Crippen molar-refractivity contribution < 1.29 is 3.89 Å². The van der Waals surface area contributed by atoms with Gasteiger partial charge >= 0.3 is 0 Å². The van der Waals surface area contributed by atoms with Gasteiger partial charge in [0.1, 0.15) is 0 Å². The highest BCUT2D eigenvalue weighted by Crippen LogP contribution is 1.54. The Bertz CT molecular complexity index is 8.00. The van der Waals surface area contributed by atoms with Gasteiger partial charge in [0, 0.05) is 13.0 Å². The molecule has 1 nitrogen and oxygen atoms in total. The van der Waals surface area contributed by atoms with Crippen LogP contribution in [0.25, 0.3) is 0 Å². The van der Waals surface area contributed by atoms with Crippen molar-refractivity contribution in [2.75, 3.05) is 0 Å². The molecule has 4 heavy (non-hydrogen) atoms. The highest BCUT2D eigenvalue weighted by atomic mass is 32.1. The lowest BCUT2D eigenvalue weighted by molar-refractivity contribution is 0.957. The Hall–Kier alpha value is -0.0500. The van der Waals surface area contributed by atoms with E-state index in [1.807, 2.05) is 13.0 Å². The molecule has 0 spiro atoms. The number of hydrogen-bond acceptors (Lipinski definition) is 2. The lowest BCUT2D eigenvalue weighted by Crippen LogP contribution is -0.827. The fraction of sp³-hybridized carbons (Fsp3) is 0. The maximum absolute atomic E-state index is 9.19. The van der Waals surface area contributed by atoms with Gasteiger partial charge in [0.2, 0.25) is 0 Å². The molecule has 3 heteroatoms. The van der Waals surface area contributed by atoms with Crippen LogP contribution in [0.1, 0.15) is 0 Å². The van der Waals surface area contributed by atoms with Gasteiger partial charge in [-0.25, -0.2) is 0 Å². The van der Waals surface area contributed by atoms with Crippen LogP contribution in [0.4, 0.5) is 3.89 Å². The van der Waals surface area contributed by atoms with E-state index in [1.165, 1.54) is 0 Å². The van der Waals surface area contributed by atoms with Crippen molar-refractivity contribution in [3.8, 4) is 0 Å². The van der Waals surface area contributed by atoms with E-state index in [4.69, 9.17) is 5.41 Å². The van der Waals surface area contributed by atoms with Crippen LogP contribution in [-0.4, -0.2) is 6.72 Å². The summed E-state index contributed by atoms with van der Waals surface area (Å²) in [6.45, 7) is 2.50. The second-order valence-corrected chi connectivity index (χ2v) is 0. The molecule has 0 aliphatic rings. The Balaban J connectivity index is 0. The van der Waals surface area contributed by atoms with Gasteiger partial charge in [-0.3, -0.25) is 0 Å². The van der Waals surface area contributed by atoms with Gasteiger partial charge in [-0.05, 0) is 6.72 Å². The second kappa shape index (κ2) is 4490. The highest BCUT2D eigenvalue weighted by molar-refractivity contribution is 7.74. The Morgan fingerprint density at radius 3 is 1.50 bits per heavy atom. The van der Waals surface area contributed by atoms with E-state index in [1.54, 1.807) is 0 Å². The normalized spacial score (nSPS) is 2.50.